The first-order valence-electron chi connectivity index (χ1n) is 37.1. The van der Waals surface area contributed by atoms with Crippen LogP contribution in [0.25, 0.3) is 0 Å². The van der Waals surface area contributed by atoms with E-state index < -0.39 is 97.5 Å². The number of hydrogen-bond donors (Lipinski definition) is 3. The second-order valence-corrected chi connectivity index (χ2v) is 29.0. The molecule has 0 aromatic rings. The number of ether oxygens (including phenoxy) is 4. The van der Waals surface area contributed by atoms with Crippen LogP contribution in [0.1, 0.15) is 369 Å². The molecule has 0 saturated carbocycles. The second-order valence-electron chi connectivity index (χ2n) is 26.1. The van der Waals surface area contributed by atoms with Crippen LogP contribution in [-0.4, -0.2) is 96.7 Å². The number of rotatable bonds is 71. The van der Waals surface area contributed by atoms with E-state index in [1.54, 1.807) is 0 Å². The molecule has 3 N–H and O–H groups in total. The smallest absolute Gasteiger partial charge is 0.462 e. The number of phosphoric acid groups is 2. The molecule has 5 atom stereocenters. The molecule has 0 aromatic carbocycles. The van der Waals surface area contributed by atoms with E-state index >= 15 is 0 Å². The Morgan fingerprint density at radius 1 is 0.300 bits per heavy atom. The Bertz CT molecular complexity index is 1740. The van der Waals surface area contributed by atoms with Gasteiger partial charge in [-0.2, -0.15) is 0 Å². The average Bonchev–Trinajstić information content (AvgIpc) is 3.46. The molecule has 90 heavy (non-hydrogen) atoms. The molecule has 534 valence electrons. The molecule has 0 spiro atoms. The van der Waals surface area contributed by atoms with Gasteiger partial charge in [0, 0.05) is 25.7 Å². The monoisotopic (exact) mass is 1320 g/mol. The lowest BCUT2D eigenvalue weighted by molar-refractivity contribution is -0.161. The number of aliphatic hydroxyl groups is 1. The molecule has 0 heterocycles. The van der Waals surface area contributed by atoms with Crippen LogP contribution in [0.5, 0.6) is 0 Å². The first-order valence-corrected chi connectivity index (χ1v) is 40.1. The van der Waals surface area contributed by atoms with E-state index in [-0.39, 0.29) is 25.7 Å². The summed E-state index contributed by atoms with van der Waals surface area (Å²) < 4.78 is 68.3. The molecule has 2 unspecified atom stereocenters. The van der Waals surface area contributed by atoms with E-state index in [4.69, 9.17) is 37.0 Å². The van der Waals surface area contributed by atoms with Crippen molar-refractivity contribution in [1.29, 1.82) is 0 Å². The minimum absolute atomic E-state index is 0.106. The molecule has 0 saturated heterocycles. The number of esters is 4. The van der Waals surface area contributed by atoms with Gasteiger partial charge in [-0.05, 0) is 31.6 Å². The van der Waals surface area contributed by atoms with Crippen LogP contribution in [0.15, 0.2) is 0 Å². The molecule has 0 rings (SSSR count). The van der Waals surface area contributed by atoms with Gasteiger partial charge in [-0.1, -0.05) is 317 Å². The van der Waals surface area contributed by atoms with Crippen molar-refractivity contribution < 1.29 is 80.2 Å². The third-order valence-corrected chi connectivity index (χ3v) is 18.4. The summed E-state index contributed by atoms with van der Waals surface area (Å²) in [5.74, 6) is -1.44. The van der Waals surface area contributed by atoms with Gasteiger partial charge in [0.15, 0.2) is 12.2 Å². The van der Waals surface area contributed by atoms with Crippen molar-refractivity contribution in [2.24, 2.45) is 5.92 Å². The lowest BCUT2D eigenvalue weighted by Gasteiger charge is -2.21. The van der Waals surface area contributed by atoms with Gasteiger partial charge in [0.05, 0.1) is 26.4 Å². The molecule has 0 radical (unpaired) electrons. The van der Waals surface area contributed by atoms with E-state index in [0.717, 1.165) is 96.3 Å². The van der Waals surface area contributed by atoms with Crippen molar-refractivity contribution in [2.45, 2.75) is 387 Å². The van der Waals surface area contributed by atoms with E-state index in [1.165, 1.54) is 186 Å². The van der Waals surface area contributed by atoms with Crippen molar-refractivity contribution in [1.82, 2.24) is 0 Å². The molecule has 0 aromatic heterocycles. The molecule has 0 amide bonds. The van der Waals surface area contributed by atoms with Crippen LogP contribution in [0, 0.1) is 5.92 Å². The molecule has 19 heteroatoms. The molecular weight excluding hydrogens is 1190 g/mol. The highest BCUT2D eigenvalue weighted by atomic mass is 31.2. The van der Waals surface area contributed by atoms with Gasteiger partial charge in [0.25, 0.3) is 0 Å². The number of carbonyl (C=O) groups is 4. The van der Waals surface area contributed by atoms with E-state index in [1.807, 2.05) is 0 Å². The number of carbonyl (C=O) groups excluding carboxylic acids is 4. The zero-order valence-electron chi connectivity index (χ0n) is 58.3. The first kappa shape index (κ1) is 88.1. The van der Waals surface area contributed by atoms with Crippen LogP contribution in [0.2, 0.25) is 0 Å². The minimum atomic E-state index is -4.95. The summed E-state index contributed by atoms with van der Waals surface area (Å²) in [6.45, 7) is 7.18. The number of phosphoric ester groups is 2. The summed E-state index contributed by atoms with van der Waals surface area (Å²) in [4.78, 5) is 72.5. The van der Waals surface area contributed by atoms with Gasteiger partial charge >= 0.3 is 39.5 Å². The topological polar surface area (TPSA) is 237 Å². The molecule has 0 aliphatic heterocycles. The third kappa shape index (κ3) is 64.8. The summed E-state index contributed by atoms with van der Waals surface area (Å²) in [7, 11) is -9.90. The van der Waals surface area contributed by atoms with Gasteiger partial charge in [-0.25, -0.2) is 9.13 Å². The van der Waals surface area contributed by atoms with Crippen molar-refractivity contribution in [3.05, 3.63) is 0 Å². The van der Waals surface area contributed by atoms with Crippen molar-refractivity contribution in [3.63, 3.8) is 0 Å². The fraction of sp³-hybridized carbons (Fsp3) is 0.944. The zero-order chi connectivity index (χ0) is 66.3. The second kappa shape index (κ2) is 64.4. The lowest BCUT2D eigenvalue weighted by Crippen LogP contribution is -2.30. The molecule has 17 nitrogen and oxygen atoms in total. The van der Waals surface area contributed by atoms with Crippen molar-refractivity contribution >= 4 is 39.5 Å². The Morgan fingerprint density at radius 2 is 0.511 bits per heavy atom. The SMILES string of the molecule is CCCCCCCCCCCCCCCCCCC(=O)O[C@H](COC(=O)CCCCCCCCCCCCCCCC)COP(=O)(O)OC[C@@H](O)COP(=O)(O)OC[C@@H](COC(=O)CCCCCCCCC(C)C)OC(=O)CCCCCCCCCCCCC. The highest BCUT2D eigenvalue weighted by molar-refractivity contribution is 7.47. The number of aliphatic hydroxyl groups excluding tert-OH is 1. The van der Waals surface area contributed by atoms with Gasteiger partial charge in [0.1, 0.15) is 19.3 Å². The maximum absolute atomic E-state index is 13.0. The lowest BCUT2D eigenvalue weighted by atomic mass is 10.0. The van der Waals surface area contributed by atoms with Crippen molar-refractivity contribution in [2.75, 3.05) is 39.6 Å². The maximum Gasteiger partial charge on any atom is 0.472 e. The van der Waals surface area contributed by atoms with Crippen molar-refractivity contribution in [3.8, 4) is 0 Å². The Balaban J connectivity index is 5.23. The largest absolute Gasteiger partial charge is 0.472 e. The molecule has 0 fully saturated rings. The normalized spacial score (nSPS) is 14.1. The predicted octanol–water partition coefficient (Wildman–Crippen LogP) is 20.5. The molecule has 0 aliphatic carbocycles. The summed E-state index contributed by atoms with van der Waals surface area (Å²) in [6.07, 6.45) is 51.4. The van der Waals surface area contributed by atoms with Gasteiger partial charge in [-0.3, -0.25) is 37.3 Å². The zero-order valence-corrected chi connectivity index (χ0v) is 60.1. The first-order chi connectivity index (χ1) is 43.5. The Hall–Kier alpha value is -1.94. The van der Waals surface area contributed by atoms with Gasteiger partial charge in [0.2, 0.25) is 0 Å². The Morgan fingerprint density at radius 3 is 0.756 bits per heavy atom. The van der Waals surface area contributed by atoms with E-state index in [0.29, 0.717) is 31.6 Å². The van der Waals surface area contributed by atoms with Gasteiger partial charge in [-0.15, -0.1) is 0 Å². The summed E-state index contributed by atoms with van der Waals surface area (Å²) in [6, 6.07) is 0. The standard InChI is InChI=1S/C71H138O17P2/c1-6-9-12-15-18-21-24-26-28-29-31-34-37-40-47-52-57-71(76)87-66(60-81-68(73)54-49-44-38-35-33-30-27-25-22-19-16-13-10-7-2)62-85-89(77,78)83-58-65(72)59-84-90(79,80)86-63-67(61-82-69(74)55-50-45-42-41-43-48-53-64(4)5)88-70(75)56-51-46-39-36-32-23-20-17-14-11-8-3/h64-67,72H,6-63H2,1-5H3,(H,77,78)(H,79,80)/t65-,66-,67-/m1/s1. The maximum atomic E-state index is 13.0. The number of unbranched alkanes of at least 4 members (excludes halogenated alkanes) is 43. The van der Waals surface area contributed by atoms with Crippen LogP contribution in [0.3, 0.4) is 0 Å². The quantitative estimate of drug-likeness (QED) is 0.0222. The highest BCUT2D eigenvalue weighted by Crippen LogP contribution is 2.45. The van der Waals surface area contributed by atoms with E-state index in [9.17, 15) is 43.2 Å². The van der Waals surface area contributed by atoms with Crippen LogP contribution in [-0.2, 0) is 65.4 Å². The predicted molar refractivity (Wildman–Crippen MR) is 363 cm³/mol. The molecule has 0 bridgehead atoms. The van der Waals surface area contributed by atoms with Gasteiger partial charge < -0.3 is 33.8 Å². The fourth-order valence-corrected chi connectivity index (χ4v) is 12.4. The Kier molecular flexibility index (Phi) is 63.0. The summed E-state index contributed by atoms with van der Waals surface area (Å²) in [5.41, 5.74) is 0. The molecular formula is C71H138O17P2. The Labute approximate surface area is 549 Å². The highest BCUT2D eigenvalue weighted by Gasteiger charge is 2.30. The summed E-state index contributed by atoms with van der Waals surface area (Å²) in [5, 5.41) is 10.6. The molecule has 0 aliphatic rings. The van der Waals surface area contributed by atoms with Crippen LogP contribution < -0.4 is 0 Å². The third-order valence-electron chi connectivity index (χ3n) is 16.5. The van der Waals surface area contributed by atoms with Crippen LogP contribution in [0.4, 0.5) is 0 Å². The minimum Gasteiger partial charge on any atom is -0.462 e. The van der Waals surface area contributed by atoms with Crippen LogP contribution >= 0.6 is 15.6 Å². The number of hydrogen-bond acceptors (Lipinski definition) is 15. The average molecular weight is 1330 g/mol. The summed E-state index contributed by atoms with van der Waals surface area (Å²) >= 11 is 0. The van der Waals surface area contributed by atoms with E-state index in [2.05, 4.69) is 34.6 Å². The fourth-order valence-electron chi connectivity index (χ4n) is 10.8.